The van der Waals surface area contributed by atoms with Crippen LogP contribution in [0, 0.1) is 3.57 Å². The Morgan fingerprint density at radius 1 is 1.21 bits per heavy atom. The third-order valence-corrected chi connectivity index (χ3v) is 3.60. The molecule has 0 radical (unpaired) electrons. The molecule has 0 aliphatic carbocycles. The van der Waals surface area contributed by atoms with E-state index in [1.165, 1.54) is 0 Å². The lowest BCUT2D eigenvalue weighted by atomic mass is 10.0. The Kier molecular flexibility index (Phi) is 4.87. The van der Waals surface area contributed by atoms with Gasteiger partial charge >= 0.3 is 5.97 Å². The number of anilines is 1. The molecule has 0 aliphatic heterocycles. The summed E-state index contributed by atoms with van der Waals surface area (Å²) >= 11 is 2.26. The molecule has 0 saturated carbocycles. The number of benzene rings is 1. The van der Waals surface area contributed by atoms with Gasteiger partial charge in [0.05, 0.1) is 0 Å². The maximum Gasteiger partial charge on any atom is 0.331 e. The maximum atomic E-state index is 12.3. The maximum absolute atomic E-state index is 12.3. The van der Waals surface area contributed by atoms with Crippen LogP contribution in [0.1, 0.15) is 34.6 Å². The lowest BCUT2D eigenvalue weighted by Gasteiger charge is -2.37. The van der Waals surface area contributed by atoms with Crippen LogP contribution in [0.5, 0.6) is 0 Å². The molecular weight excluding hydrogens is 353 g/mol. The predicted molar refractivity (Wildman–Crippen MR) is 87.5 cm³/mol. The van der Waals surface area contributed by atoms with Crippen LogP contribution in [0.3, 0.4) is 0 Å². The van der Waals surface area contributed by atoms with Gasteiger partial charge < -0.3 is 9.64 Å². The van der Waals surface area contributed by atoms with E-state index in [2.05, 4.69) is 22.6 Å². The van der Waals surface area contributed by atoms with E-state index in [4.69, 9.17) is 4.74 Å². The van der Waals surface area contributed by atoms with Crippen molar-refractivity contribution in [3.05, 3.63) is 27.8 Å². The van der Waals surface area contributed by atoms with Crippen molar-refractivity contribution in [3.63, 3.8) is 0 Å². The molecule has 1 rings (SSSR count). The SMILES string of the molecule is CN(c1cccc(I)c1)C(C)(C)C(=O)OC(C)(C)C. The lowest BCUT2D eigenvalue weighted by Crippen LogP contribution is -2.51. The minimum atomic E-state index is -0.711. The van der Waals surface area contributed by atoms with Crippen LogP contribution >= 0.6 is 22.6 Å². The first-order chi connectivity index (χ1) is 8.54. The van der Waals surface area contributed by atoms with Crippen LogP contribution in [0.2, 0.25) is 0 Å². The van der Waals surface area contributed by atoms with Crippen molar-refractivity contribution >= 4 is 34.2 Å². The molecule has 0 aliphatic rings. The van der Waals surface area contributed by atoms with Gasteiger partial charge in [0.15, 0.2) is 0 Å². The molecule has 19 heavy (non-hydrogen) atoms. The van der Waals surface area contributed by atoms with Crippen LogP contribution < -0.4 is 4.90 Å². The highest BCUT2D eigenvalue weighted by Crippen LogP contribution is 2.26. The summed E-state index contributed by atoms with van der Waals surface area (Å²) in [6.45, 7) is 9.40. The number of carbonyl (C=O) groups excluding carboxylic acids is 1. The average Bonchev–Trinajstić information content (AvgIpc) is 2.25. The normalized spacial score (nSPS) is 12.2. The fraction of sp³-hybridized carbons (Fsp3) is 0.533. The molecule has 0 spiro atoms. The topological polar surface area (TPSA) is 29.5 Å². The Morgan fingerprint density at radius 3 is 2.26 bits per heavy atom. The summed E-state index contributed by atoms with van der Waals surface area (Å²) in [6, 6.07) is 8.05. The highest BCUT2D eigenvalue weighted by atomic mass is 127. The quantitative estimate of drug-likeness (QED) is 0.594. The number of ether oxygens (including phenoxy) is 1. The molecule has 1 aromatic rings. The lowest BCUT2D eigenvalue weighted by molar-refractivity contribution is -0.160. The van der Waals surface area contributed by atoms with Crippen LogP contribution in [0.15, 0.2) is 24.3 Å². The molecule has 0 N–H and O–H groups in total. The minimum absolute atomic E-state index is 0.221. The summed E-state index contributed by atoms with van der Waals surface area (Å²) < 4.78 is 6.63. The van der Waals surface area contributed by atoms with Crippen molar-refractivity contribution in [2.24, 2.45) is 0 Å². The molecule has 0 atom stereocenters. The van der Waals surface area contributed by atoms with Gasteiger partial charge in [-0.2, -0.15) is 0 Å². The van der Waals surface area contributed by atoms with E-state index in [9.17, 15) is 4.79 Å². The van der Waals surface area contributed by atoms with Crippen molar-refractivity contribution < 1.29 is 9.53 Å². The Balaban J connectivity index is 2.96. The van der Waals surface area contributed by atoms with E-state index in [1.807, 2.05) is 70.8 Å². The fourth-order valence-electron chi connectivity index (χ4n) is 1.55. The van der Waals surface area contributed by atoms with Gasteiger partial charge in [0.1, 0.15) is 11.1 Å². The molecule has 4 heteroatoms. The van der Waals surface area contributed by atoms with Crippen molar-refractivity contribution in [2.45, 2.75) is 45.8 Å². The summed E-state index contributed by atoms with van der Waals surface area (Å²) in [5, 5.41) is 0. The van der Waals surface area contributed by atoms with Gasteiger partial charge in [0.25, 0.3) is 0 Å². The summed E-state index contributed by atoms with van der Waals surface area (Å²) in [5.41, 5.74) is -0.180. The second-order valence-electron chi connectivity index (χ2n) is 6.10. The Labute approximate surface area is 129 Å². The molecule has 3 nitrogen and oxygen atoms in total. The predicted octanol–water partition coefficient (Wildman–Crippen LogP) is 3.85. The number of halogens is 1. The van der Waals surface area contributed by atoms with Crippen molar-refractivity contribution in [3.8, 4) is 0 Å². The molecule has 1 aromatic carbocycles. The van der Waals surface area contributed by atoms with Crippen molar-refractivity contribution in [1.29, 1.82) is 0 Å². The van der Waals surface area contributed by atoms with Gasteiger partial charge in [-0.1, -0.05) is 6.07 Å². The van der Waals surface area contributed by atoms with Crippen LogP contribution in [-0.4, -0.2) is 24.2 Å². The number of nitrogens with zero attached hydrogens (tertiary/aromatic N) is 1. The average molecular weight is 375 g/mol. The largest absolute Gasteiger partial charge is 0.458 e. The molecule has 0 unspecified atom stereocenters. The van der Waals surface area contributed by atoms with Gasteiger partial charge in [-0.15, -0.1) is 0 Å². The van der Waals surface area contributed by atoms with E-state index < -0.39 is 11.1 Å². The number of rotatable bonds is 3. The van der Waals surface area contributed by atoms with Crippen LogP contribution in [0.4, 0.5) is 5.69 Å². The molecule has 0 saturated heterocycles. The molecule has 0 fully saturated rings. The highest BCUT2D eigenvalue weighted by Gasteiger charge is 2.36. The van der Waals surface area contributed by atoms with Gasteiger partial charge in [0.2, 0.25) is 0 Å². The number of esters is 1. The molecule has 106 valence electrons. The minimum Gasteiger partial charge on any atom is -0.458 e. The third-order valence-electron chi connectivity index (χ3n) is 2.93. The van der Waals surface area contributed by atoms with Gasteiger partial charge in [-0.3, -0.25) is 0 Å². The van der Waals surface area contributed by atoms with Crippen LogP contribution in [-0.2, 0) is 9.53 Å². The Hall–Kier alpha value is -0.780. The van der Waals surface area contributed by atoms with E-state index in [0.29, 0.717) is 0 Å². The van der Waals surface area contributed by atoms with Crippen LogP contribution in [0.25, 0.3) is 0 Å². The summed E-state index contributed by atoms with van der Waals surface area (Å²) in [4.78, 5) is 14.3. The van der Waals surface area contributed by atoms with E-state index >= 15 is 0 Å². The first kappa shape index (κ1) is 16.3. The summed E-state index contributed by atoms with van der Waals surface area (Å²) in [6.07, 6.45) is 0. The Morgan fingerprint density at radius 2 is 1.79 bits per heavy atom. The fourth-order valence-corrected chi connectivity index (χ4v) is 2.07. The smallest absolute Gasteiger partial charge is 0.331 e. The molecule has 0 amide bonds. The van der Waals surface area contributed by atoms with Crippen molar-refractivity contribution in [1.82, 2.24) is 0 Å². The monoisotopic (exact) mass is 375 g/mol. The van der Waals surface area contributed by atoms with E-state index in [-0.39, 0.29) is 5.97 Å². The van der Waals surface area contributed by atoms with E-state index in [1.54, 1.807) is 0 Å². The van der Waals surface area contributed by atoms with Gasteiger partial charge in [0, 0.05) is 16.3 Å². The molecule has 0 heterocycles. The molecule has 0 aromatic heterocycles. The summed E-state index contributed by atoms with van der Waals surface area (Å²) in [7, 11) is 1.91. The zero-order chi connectivity index (χ0) is 14.8. The van der Waals surface area contributed by atoms with Crippen molar-refractivity contribution in [2.75, 3.05) is 11.9 Å². The number of carbonyl (C=O) groups is 1. The van der Waals surface area contributed by atoms with Gasteiger partial charge in [-0.05, 0) is 75.4 Å². The van der Waals surface area contributed by atoms with Gasteiger partial charge in [-0.25, -0.2) is 4.79 Å². The zero-order valence-corrected chi connectivity index (χ0v) is 14.6. The van der Waals surface area contributed by atoms with E-state index in [0.717, 1.165) is 9.26 Å². The molecule has 0 bridgehead atoms. The summed E-state index contributed by atoms with van der Waals surface area (Å²) in [5.74, 6) is -0.221. The zero-order valence-electron chi connectivity index (χ0n) is 12.5. The first-order valence-corrected chi connectivity index (χ1v) is 7.35. The number of hydrogen-bond acceptors (Lipinski definition) is 3. The Bertz CT molecular complexity index is 463. The second kappa shape index (κ2) is 5.69. The second-order valence-corrected chi connectivity index (χ2v) is 7.35. The standard InChI is InChI=1S/C15H22INO2/c1-14(2,3)19-13(18)15(4,5)17(6)12-9-7-8-11(16)10-12/h7-10H,1-6H3. The number of hydrogen-bond donors (Lipinski definition) is 0. The first-order valence-electron chi connectivity index (χ1n) is 6.27. The highest BCUT2D eigenvalue weighted by molar-refractivity contribution is 14.1. The molecular formula is C15H22INO2. The number of likely N-dealkylation sites (N-methyl/N-ethyl adjacent to an activating group) is 1. The third kappa shape index (κ3) is 4.37.